The van der Waals surface area contributed by atoms with Crippen LogP contribution in [-0.2, 0) is 12.8 Å². The minimum atomic E-state index is -0.696. The van der Waals surface area contributed by atoms with Gasteiger partial charge in [-0.25, -0.2) is 0 Å². The van der Waals surface area contributed by atoms with Crippen molar-refractivity contribution in [3.8, 4) is 11.1 Å². The molecule has 0 saturated heterocycles. The molecular formula is C14H10N2O4. The molecule has 1 aliphatic rings. The molecule has 1 aliphatic carbocycles. The molecule has 0 spiro atoms. The van der Waals surface area contributed by atoms with Gasteiger partial charge in [-0.1, -0.05) is 24.3 Å². The van der Waals surface area contributed by atoms with E-state index in [4.69, 9.17) is 0 Å². The number of nitro benzene ring substituents is 2. The zero-order valence-electron chi connectivity index (χ0n) is 10.4. The summed E-state index contributed by atoms with van der Waals surface area (Å²) < 4.78 is 0. The number of aryl methyl sites for hydroxylation is 1. The van der Waals surface area contributed by atoms with Crippen molar-refractivity contribution in [3.05, 3.63) is 67.8 Å². The van der Waals surface area contributed by atoms with Crippen LogP contribution in [0, 0.1) is 20.2 Å². The van der Waals surface area contributed by atoms with Crippen LogP contribution in [-0.4, -0.2) is 9.85 Å². The third-order valence-electron chi connectivity index (χ3n) is 3.59. The quantitative estimate of drug-likeness (QED) is 0.619. The van der Waals surface area contributed by atoms with Gasteiger partial charge in [0, 0.05) is 11.6 Å². The maximum absolute atomic E-state index is 11.2. The molecule has 2 aromatic rings. The van der Waals surface area contributed by atoms with Crippen LogP contribution in [0.15, 0.2) is 36.4 Å². The van der Waals surface area contributed by atoms with Gasteiger partial charge in [0.15, 0.2) is 0 Å². The van der Waals surface area contributed by atoms with E-state index in [1.54, 1.807) is 6.07 Å². The lowest BCUT2D eigenvalue weighted by Gasteiger charge is -2.19. The largest absolute Gasteiger partial charge is 0.349 e. The van der Waals surface area contributed by atoms with Gasteiger partial charge < -0.3 is 0 Å². The molecule has 0 bridgehead atoms. The molecule has 0 saturated carbocycles. The number of benzene rings is 2. The average molecular weight is 270 g/mol. The second-order valence-electron chi connectivity index (χ2n) is 4.63. The van der Waals surface area contributed by atoms with Crippen LogP contribution in [0.3, 0.4) is 0 Å². The maximum Gasteiger partial charge on any atom is 0.349 e. The molecule has 0 aromatic heterocycles. The van der Waals surface area contributed by atoms with Crippen LogP contribution in [0.25, 0.3) is 11.1 Å². The van der Waals surface area contributed by atoms with E-state index in [-0.39, 0.29) is 5.69 Å². The molecule has 6 heteroatoms. The normalized spacial score (nSPS) is 12.4. The lowest BCUT2D eigenvalue weighted by Crippen LogP contribution is -2.08. The van der Waals surface area contributed by atoms with Crippen LogP contribution >= 0.6 is 0 Å². The number of rotatable bonds is 2. The minimum Gasteiger partial charge on any atom is -0.258 e. The second-order valence-corrected chi connectivity index (χ2v) is 4.63. The summed E-state index contributed by atoms with van der Waals surface area (Å²) in [6, 6.07) is 10.5. The first-order valence-electron chi connectivity index (χ1n) is 6.12. The molecule has 6 nitrogen and oxygen atoms in total. The van der Waals surface area contributed by atoms with Crippen LogP contribution in [0.2, 0.25) is 0 Å². The first-order chi connectivity index (χ1) is 9.59. The second kappa shape index (κ2) is 4.41. The van der Waals surface area contributed by atoms with Crippen LogP contribution in [0.4, 0.5) is 11.4 Å². The van der Waals surface area contributed by atoms with Crippen LogP contribution in [0.1, 0.15) is 11.1 Å². The highest BCUT2D eigenvalue weighted by molar-refractivity contribution is 5.79. The van der Waals surface area contributed by atoms with Crippen molar-refractivity contribution >= 4 is 11.4 Å². The Hall–Kier alpha value is -2.76. The minimum absolute atomic E-state index is 0.373. The fraction of sp³-hybridized carbons (Fsp3) is 0.143. The molecule has 20 heavy (non-hydrogen) atoms. The van der Waals surface area contributed by atoms with Crippen molar-refractivity contribution in [1.82, 2.24) is 0 Å². The van der Waals surface area contributed by atoms with Gasteiger partial charge in [-0.3, -0.25) is 20.2 Å². The zero-order valence-corrected chi connectivity index (χ0v) is 10.4. The molecule has 0 N–H and O–H groups in total. The molecular weight excluding hydrogens is 260 g/mol. The molecule has 0 heterocycles. The standard InChI is InChI=1S/C14H10N2O4/c17-15(18)13-8-7-11-10-4-2-1-3-9(10)5-6-12(11)14(13)16(19)20/h1-4,7-8H,5-6H2. The van der Waals surface area contributed by atoms with Gasteiger partial charge in [0.05, 0.1) is 9.85 Å². The van der Waals surface area contributed by atoms with Gasteiger partial charge in [-0.15, -0.1) is 0 Å². The van der Waals surface area contributed by atoms with Gasteiger partial charge >= 0.3 is 11.4 Å². The van der Waals surface area contributed by atoms with Crippen LogP contribution < -0.4 is 0 Å². The Morgan fingerprint density at radius 3 is 2.30 bits per heavy atom. The van der Waals surface area contributed by atoms with Gasteiger partial charge in [-0.2, -0.15) is 0 Å². The molecule has 0 fully saturated rings. The SMILES string of the molecule is O=[N+]([O-])c1ccc2c(c1[N+](=O)[O-])CCc1ccccc1-2. The predicted molar refractivity (Wildman–Crippen MR) is 72.6 cm³/mol. The summed E-state index contributed by atoms with van der Waals surface area (Å²) in [4.78, 5) is 20.8. The predicted octanol–water partition coefficient (Wildman–Crippen LogP) is 3.27. The Morgan fingerprint density at radius 2 is 1.60 bits per heavy atom. The number of fused-ring (bicyclic) bond motifs is 3. The fourth-order valence-corrected chi connectivity index (χ4v) is 2.74. The maximum atomic E-state index is 11.2. The number of hydrogen-bond acceptors (Lipinski definition) is 4. The van der Waals surface area contributed by atoms with E-state index >= 15 is 0 Å². The van der Waals surface area contributed by atoms with E-state index in [0.717, 1.165) is 16.7 Å². The summed E-state index contributed by atoms with van der Waals surface area (Å²) >= 11 is 0. The topological polar surface area (TPSA) is 86.3 Å². The van der Waals surface area contributed by atoms with Crippen molar-refractivity contribution < 1.29 is 9.85 Å². The first-order valence-corrected chi connectivity index (χ1v) is 6.12. The smallest absolute Gasteiger partial charge is 0.258 e. The average Bonchev–Trinajstić information content (AvgIpc) is 2.45. The summed E-state index contributed by atoms with van der Waals surface area (Å²) in [7, 11) is 0. The molecule has 0 aliphatic heterocycles. The van der Waals surface area contributed by atoms with Gasteiger partial charge in [0.1, 0.15) is 0 Å². The van der Waals surface area contributed by atoms with E-state index in [1.807, 2.05) is 24.3 Å². The molecule has 2 aromatic carbocycles. The van der Waals surface area contributed by atoms with Crippen molar-refractivity contribution in [2.24, 2.45) is 0 Å². The van der Waals surface area contributed by atoms with Crippen molar-refractivity contribution in [2.45, 2.75) is 12.8 Å². The van der Waals surface area contributed by atoms with Gasteiger partial charge in [0.25, 0.3) is 0 Å². The summed E-state index contributed by atoms with van der Waals surface area (Å²) in [5.74, 6) is 0. The third kappa shape index (κ3) is 1.73. The summed E-state index contributed by atoms with van der Waals surface area (Å²) in [5.41, 5.74) is 2.41. The van der Waals surface area contributed by atoms with Crippen LogP contribution in [0.5, 0.6) is 0 Å². The Bertz CT molecular complexity index is 740. The summed E-state index contributed by atoms with van der Waals surface area (Å²) in [6.45, 7) is 0. The Kier molecular flexibility index (Phi) is 2.71. The number of nitrogens with zero attached hydrogens (tertiary/aromatic N) is 2. The number of hydrogen-bond donors (Lipinski definition) is 0. The zero-order chi connectivity index (χ0) is 14.3. The first kappa shape index (κ1) is 12.3. The highest BCUT2D eigenvalue weighted by Gasteiger charge is 2.32. The van der Waals surface area contributed by atoms with Gasteiger partial charge in [0.2, 0.25) is 0 Å². The molecule has 0 radical (unpaired) electrons. The lowest BCUT2D eigenvalue weighted by molar-refractivity contribution is -0.422. The van der Waals surface area contributed by atoms with E-state index in [9.17, 15) is 20.2 Å². The van der Waals surface area contributed by atoms with Crippen molar-refractivity contribution in [1.29, 1.82) is 0 Å². The highest BCUT2D eigenvalue weighted by atomic mass is 16.6. The summed E-state index contributed by atoms with van der Waals surface area (Å²) in [5, 5.41) is 22.2. The van der Waals surface area contributed by atoms with E-state index in [1.165, 1.54) is 6.07 Å². The molecule has 100 valence electrons. The van der Waals surface area contributed by atoms with E-state index in [2.05, 4.69) is 0 Å². The Balaban J connectivity index is 2.32. The molecule has 3 rings (SSSR count). The van der Waals surface area contributed by atoms with Crippen molar-refractivity contribution in [2.75, 3.05) is 0 Å². The van der Waals surface area contributed by atoms with Gasteiger partial charge in [-0.05, 0) is 35.6 Å². The molecule has 0 unspecified atom stereocenters. The highest BCUT2D eigenvalue weighted by Crippen LogP contribution is 2.42. The van der Waals surface area contributed by atoms with E-state index in [0.29, 0.717) is 18.4 Å². The number of nitro groups is 2. The Labute approximate surface area is 114 Å². The lowest BCUT2D eigenvalue weighted by atomic mass is 9.84. The molecule has 0 amide bonds. The fourth-order valence-electron chi connectivity index (χ4n) is 2.74. The molecule has 0 atom stereocenters. The van der Waals surface area contributed by atoms with Crippen molar-refractivity contribution in [3.63, 3.8) is 0 Å². The monoisotopic (exact) mass is 270 g/mol. The third-order valence-corrected chi connectivity index (χ3v) is 3.59. The summed E-state index contributed by atoms with van der Waals surface area (Å²) in [6.07, 6.45) is 1.11. The Morgan fingerprint density at radius 1 is 0.850 bits per heavy atom. The van der Waals surface area contributed by atoms with E-state index < -0.39 is 15.5 Å².